The summed E-state index contributed by atoms with van der Waals surface area (Å²) in [5.74, 6) is 1.04. The summed E-state index contributed by atoms with van der Waals surface area (Å²) >= 11 is 0. The first-order valence-electron chi connectivity index (χ1n) is 11.4. The molecule has 1 amide bonds. The van der Waals surface area contributed by atoms with Crippen LogP contribution < -0.4 is 9.64 Å². The summed E-state index contributed by atoms with van der Waals surface area (Å²) < 4.78 is 5.42. The predicted molar refractivity (Wildman–Crippen MR) is 127 cm³/mol. The zero-order valence-electron chi connectivity index (χ0n) is 19.4. The van der Waals surface area contributed by atoms with E-state index in [1.165, 1.54) is 12.0 Å². The summed E-state index contributed by atoms with van der Waals surface area (Å²) in [6.07, 6.45) is 12.4. The summed E-state index contributed by atoms with van der Waals surface area (Å²) in [7, 11) is 1.54. The second-order valence-electron chi connectivity index (χ2n) is 9.72. The van der Waals surface area contributed by atoms with Gasteiger partial charge in [0.2, 0.25) is 0 Å². The molecule has 0 radical (unpaired) electrons. The Labute approximate surface area is 194 Å². The van der Waals surface area contributed by atoms with Crippen molar-refractivity contribution in [3.05, 3.63) is 41.6 Å². The van der Waals surface area contributed by atoms with E-state index < -0.39 is 6.09 Å². The number of anilines is 1. The number of methoxy groups -OCH3 is 1. The molecule has 4 atom stereocenters. The number of nitriles is 1. The first-order chi connectivity index (χ1) is 15.8. The van der Waals surface area contributed by atoms with Crippen molar-refractivity contribution in [2.75, 3.05) is 25.1 Å². The van der Waals surface area contributed by atoms with Crippen LogP contribution in [0, 0.1) is 29.6 Å². The quantitative estimate of drug-likeness (QED) is 0.699. The van der Waals surface area contributed by atoms with Gasteiger partial charge < -0.3 is 14.7 Å². The predicted octanol–water partition coefficient (Wildman–Crippen LogP) is 4.18. The molecule has 1 aromatic rings. The van der Waals surface area contributed by atoms with Crippen molar-refractivity contribution >= 4 is 18.2 Å². The van der Waals surface area contributed by atoms with Crippen LogP contribution in [0.3, 0.4) is 0 Å². The lowest BCUT2D eigenvalue weighted by Gasteiger charge is -2.43. The average molecular weight is 450 g/mol. The molecule has 8 heteroatoms. The van der Waals surface area contributed by atoms with E-state index in [4.69, 9.17) is 4.74 Å². The Morgan fingerprint density at radius 2 is 2.30 bits per heavy atom. The maximum Gasteiger partial charge on any atom is 0.413 e. The number of carboxylic acid groups (broad SMARTS) is 1. The number of fused-ring (bicyclic) bond motifs is 1. The molecule has 4 unspecified atom stereocenters. The van der Waals surface area contributed by atoms with E-state index in [1.807, 2.05) is 37.6 Å². The van der Waals surface area contributed by atoms with Crippen LogP contribution in [0.15, 0.2) is 41.1 Å². The number of pyridine rings is 1. The summed E-state index contributed by atoms with van der Waals surface area (Å²) in [4.78, 5) is 24.7. The second-order valence-corrected chi connectivity index (χ2v) is 9.72. The molecule has 33 heavy (non-hydrogen) atoms. The van der Waals surface area contributed by atoms with E-state index in [9.17, 15) is 15.2 Å². The number of rotatable bonds is 6. The first kappa shape index (κ1) is 22.8. The molecule has 8 nitrogen and oxygen atoms in total. The lowest BCUT2D eigenvalue weighted by atomic mass is 9.70. The van der Waals surface area contributed by atoms with Crippen LogP contribution in [0.1, 0.15) is 38.2 Å². The van der Waals surface area contributed by atoms with Gasteiger partial charge in [-0.05, 0) is 61.3 Å². The molecular weight excluding hydrogens is 418 g/mol. The van der Waals surface area contributed by atoms with Gasteiger partial charge >= 0.3 is 6.09 Å². The average Bonchev–Trinajstić information content (AvgIpc) is 3.18. The van der Waals surface area contributed by atoms with Crippen molar-refractivity contribution < 1.29 is 14.6 Å². The first-order valence-corrected chi connectivity index (χ1v) is 11.4. The van der Waals surface area contributed by atoms with E-state index >= 15 is 0 Å². The number of hydrogen-bond donors (Lipinski definition) is 1. The minimum atomic E-state index is -1.02. The molecule has 174 valence electrons. The van der Waals surface area contributed by atoms with E-state index in [1.54, 1.807) is 6.20 Å². The maximum atomic E-state index is 12.1. The van der Waals surface area contributed by atoms with Gasteiger partial charge in [-0.1, -0.05) is 19.4 Å². The van der Waals surface area contributed by atoms with Gasteiger partial charge in [-0.15, -0.1) is 0 Å². The molecule has 1 aromatic heterocycles. The molecule has 1 fully saturated rings. The number of aromatic nitrogens is 1. The molecule has 0 bridgehead atoms. The van der Waals surface area contributed by atoms with Crippen molar-refractivity contribution in [1.82, 2.24) is 9.88 Å². The molecule has 2 heterocycles. The SMILES string of the molecule is COc1cc(C)cnc1N(CC1CCCC(C)(CN2C=NC3C=CC(C#N)=CC32)C1)C(=O)O. The Balaban J connectivity index is 1.47. The van der Waals surface area contributed by atoms with Crippen LogP contribution in [0.25, 0.3) is 0 Å². The number of amides is 1. The number of allylic oxidation sites excluding steroid dienone is 2. The van der Waals surface area contributed by atoms with Gasteiger partial charge in [0.15, 0.2) is 11.6 Å². The highest BCUT2D eigenvalue weighted by molar-refractivity contribution is 5.86. The lowest BCUT2D eigenvalue weighted by Crippen LogP contribution is -2.45. The van der Waals surface area contributed by atoms with Gasteiger partial charge in [-0.25, -0.2) is 9.78 Å². The monoisotopic (exact) mass is 449 g/mol. The highest BCUT2D eigenvalue weighted by Crippen LogP contribution is 2.42. The summed E-state index contributed by atoms with van der Waals surface area (Å²) in [5.41, 5.74) is 1.62. The van der Waals surface area contributed by atoms with Crippen molar-refractivity contribution in [2.45, 2.75) is 51.6 Å². The molecular formula is C25H31N5O3. The zero-order valence-corrected chi connectivity index (χ0v) is 19.4. The van der Waals surface area contributed by atoms with E-state index in [0.717, 1.165) is 37.8 Å². The fraction of sp³-hybridized carbons (Fsp3) is 0.520. The van der Waals surface area contributed by atoms with Crippen molar-refractivity contribution in [2.24, 2.45) is 16.3 Å². The van der Waals surface area contributed by atoms with Gasteiger partial charge in [0, 0.05) is 24.9 Å². The van der Waals surface area contributed by atoms with Crippen LogP contribution in [-0.2, 0) is 0 Å². The van der Waals surface area contributed by atoms with Crippen LogP contribution in [0.5, 0.6) is 5.75 Å². The Morgan fingerprint density at radius 1 is 1.48 bits per heavy atom. The van der Waals surface area contributed by atoms with Gasteiger partial charge in [-0.3, -0.25) is 9.89 Å². The zero-order chi connectivity index (χ0) is 23.6. The minimum Gasteiger partial charge on any atom is -0.493 e. The van der Waals surface area contributed by atoms with Gasteiger partial charge in [0.1, 0.15) is 0 Å². The van der Waals surface area contributed by atoms with Gasteiger partial charge in [0.05, 0.1) is 31.6 Å². The molecule has 1 aliphatic heterocycles. The van der Waals surface area contributed by atoms with Crippen LogP contribution >= 0.6 is 0 Å². The maximum absolute atomic E-state index is 12.1. The highest BCUT2D eigenvalue weighted by Gasteiger charge is 2.39. The standard InChI is InChI=1S/C25H31N5O3/c1-17-9-22(33-3)23(27-13-17)30(24(31)32)14-19-5-4-8-25(2,11-19)15-29-16-28-20-7-6-18(12-26)10-21(20)29/h6-7,9-10,13,16,19-21H,4-5,8,11,14-15H2,1-3H3,(H,31,32). The molecule has 3 aliphatic rings. The smallest absolute Gasteiger partial charge is 0.413 e. The minimum absolute atomic E-state index is 0.0284. The molecule has 0 spiro atoms. The fourth-order valence-electron chi connectivity index (χ4n) is 5.40. The van der Waals surface area contributed by atoms with Crippen LogP contribution in [0.2, 0.25) is 0 Å². The van der Waals surface area contributed by atoms with Gasteiger partial charge in [0.25, 0.3) is 0 Å². The topological polar surface area (TPSA) is 102 Å². The second kappa shape index (κ2) is 9.26. The van der Waals surface area contributed by atoms with E-state index in [0.29, 0.717) is 23.7 Å². The van der Waals surface area contributed by atoms with Crippen molar-refractivity contribution in [3.8, 4) is 11.8 Å². The molecule has 4 rings (SSSR count). The number of aliphatic imine (C=N–C) groups is 1. The summed E-state index contributed by atoms with van der Waals surface area (Å²) in [6, 6.07) is 4.19. The van der Waals surface area contributed by atoms with Gasteiger partial charge in [-0.2, -0.15) is 5.26 Å². The number of aryl methyl sites for hydroxylation is 1. The Morgan fingerprint density at radius 3 is 3.03 bits per heavy atom. The van der Waals surface area contributed by atoms with Crippen LogP contribution in [0.4, 0.5) is 10.6 Å². The molecule has 0 aromatic carbocycles. The number of ether oxygens (including phenoxy) is 1. The van der Waals surface area contributed by atoms with E-state index in [-0.39, 0.29) is 23.4 Å². The third-order valence-corrected chi connectivity index (χ3v) is 6.93. The number of carbonyl (C=O) groups is 1. The third-order valence-electron chi connectivity index (χ3n) is 6.93. The third kappa shape index (κ3) is 4.87. The molecule has 0 saturated heterocycles. The molecule has 2 aliphatic carbocycles. The number of hydrogen-bond acceptors (Lipinski definition) is 6. The molecule has 1 saturated carbocycles. The van der Waals surface area contributed by atoms with E-state index in [2.05, 4.69) is 27.9 Å². The largest absolute Gasteiger partial charge is 0.493 e. The lowest BCUT2D eigenvalue weighted by molar-refractivity contribution is 0.119. The molecule has 1 N–H and O–H groups in total. The Hall–Kier alpha value is -3.34. The highest BCUT2D eigenvalue weighted by atomic mass is 16.5. The Bertz CT molecular complexity index is 1040. The fourth-order valence-corrected chi connectivity index (χ4v) is 5.40. The normalized spacial score (nSPS) is 28.1. The van der Waals surface area contributed by atoms with Crippen LogP contribution in [-0.4, -0.2) is 59.7 Å². The Kier molecular flexibility index (Phi) is 6.41. The summed E-state index contributed by atoms with van der Waals surface area (Å²) in [5, 5.41) is 19.2. The number of nitrogens with zero attached hydrogens (tertiary/aromatic N) is 5. The van der Waals surface area contributed by atoms with Crippen molar-refractivity contribution in [3.63, 3.8) is 0 Å². The van der Waals surface area contributed by atoms with Crippen molar-refractivity contribution in [1.29, 1.82) is 5.26 Å². The summed E-state index contributed by atoms with van der Waals surface area (Å²) in [6.45, 7) is 5.40.